The highest BCUT2D eigenvalue weighted by Crippen LogP contribution is 2.18. The van der Waals surface area contributed by atoms with Crippen molar-refractivity contribution in [2.24, 2.45) is 0 Å². The van der Waals surface area contributed by atoms with E-state index in [4.69, 9.17) is 0 Å². The third-order valence-corrected chi connectivity index (χ3v) is 2.39. The number of aromatic amines is 1. The number of aromatic nitrogens is 1. The lowest BCUT2D eigenvalue weighted by Crippen LogP contribution is -2.19. The van der Waals surface area contributed by atoms with Crippen LogP contribution in [0.4, 0.5) is 4.48 Å². The number of fused-ring (bicyclic) bond motifs is 1. The van der Waals surface area contributed by atoms with Crippen LogP contribution in [0.1, 0.15) is 12.5 Å². The molecule has 0 fully saturated rings. The van der Waals surface area contributed by atoms with Crippen molar-refractivity contribution in [3.05, 3.63) is 36.0 Å². The van der Waals surface area contributed by atoms with E-state index in [1.807, 2.05) is 37.4 Å². The molecule has 0 spiro atoms. The van der Waals surface area contributed by atoms with Gasteiger partial charge in [-0.1, -0.05) is 18.2 Å². The zero-order valence-electron chi connectivity index (χ0n) is 8.05. The highest BCUT2D eigenvalue weighted by Gasteiger charge is 2.06. The van der Waals surface area contributed by atoms with Crippen LogP contribution < -0.4 is 5.54 Å². The molecule has 2 aromatic rings. The van der Waals surface area contributed by atoms with Crippen LogP contribution in [0.2, 0.25) is 0 Å². The molecule has 0 saturated carbocycles. The van der Waals surface area contributed by atoms with Crippen LogP contribution in [-0.2, 0) is 6.42 Å². The number of benzene rings is 1. The average molecular weight is 192 g/mol. The molecule has 3 heteroatoms. The summed E-state index contributed by atoms with van der Waals surface area (Å²) in [6.07, 6.45) is 2.64. The van der Waals surface area contributed by atoms with Crippen molar-refractivity contribution in [2.45, 2.75) is 19.4 Å². The minimum Gasteiger partial charge on any atom is -0.361 e. The van der Waals surface area contributed by atoms with Crippen molar-refractivity contribution in [3.63, 3.8) is 0 Å². The molecule has 1 aromatic heterocycles. The molecule has 1 aromatic carbocycles. The summed E-state index contributed by atoms with van der Waals surface area (Å²) >= 11 is 0. The number of halogens is 1. The molecular weight excluding hydrogens is 179 g/mol. The molecule has 74 valence electrons. The number of hydrogen-bond donors (Lipinski definition) is 2. The van der Waals surface area contributed by atoms with E-state index in [-0.39, 0.29) is 6.04 Å². The maximum Gasteiger partial charge on any atom is 0.0456 e. The molecule has 0 aliphatic carbocycles. The lowest BCUT2D eigenvalue weighted by atomic mass is 10.1. The second-order valence-corrected chi connectivity index (χ2v) is 3.57. The fourth-order valence-electron chi connectivity index (χ4n) is 1.67. The van der Waals surface area contributed by atoms with Crippen molar-refractivity contribution in [2.75, 3.05) is 0 Å². The van der Waals surface area contributed by atoms with Gasteiger partial charge in [-0.05, 0) is 25.0 Å². The molecule has 1 heterocycles. The minimum absolute atomic E-state index is 0.144. The van der Waals surface area contributed by atoms with Crippen molar-refractivity contribution in [3.8, 4) is 0 Å². The van der Waals surface area contributed by atoms with Crippen molar-refractivity contribution in [1.29, 1.82) is 0 Å². The molecule has 2 N–H and O–H groups in total. The number of para-hydroxylation sites is 1. The maximum atomic E-state index is 12.1. The van der Waals surface area contributed by atoms with E-state index in [0.29, 0.717) is 6.42 Å². The molecule has 14 heavy (non-hydrogen) atoms. The Morgan fingerprint density at radius 1 is 1.43 bits per heavy atom. The summed E-state index contributed by atoms with van der Waals surface area (Å²) in [7, 11) is 0. The molecule has 0 bridgehead atoms. The zero-order chi connectivity index (χ0) is 9.97. The second-order valence-electron chi connectivity index (χ2n) is 3.57. The lowest BCUT2D eigenvalue weighted by molar-refractivity contribution is 0.281. The monoisotopic (exact) mass is 192 g/mol. The topological polar surface area (TPSA) is 27.8 Å². The Kier molecular flexibility index (Phi) is 2.50. The van der Waals surface area contributed by atoms with E-state index in [9.17, 15) is 4.48 Å². The molecule has 1 unspecified atom stereocenters. The fourth-order valence-corrected chi connectivity index (χ4v) is 1.67. The van der Waals surface area contributed by atoms with Crippen LogP contribution in [0.3, 0.4) is 0 Å². The summed E-state index contributed by atoms with van der Waals surface area (Å²) in [5.74, 6) is 0. The smallest absolute Gasteiger partial charge is 0.0456 e. The molecule has 0 aliphatic rings. The number of hydrogen-bond acceptors (Lipinski definition) is 1. The Morgan fingerprint density at radius 3 is 3.00 bits per heavy atom. The summed E-state index contributed by atoms with van der Waals surface area (Å²) in [4.78, 5) is 3.17. The van der Waals surface area contributed by atoms with Gasteiger partial charge in [-0.25, -0.2) is 0 Å². The predicted octanol–water partition coefficient (Wildman–Crippen LogP) is 2.57. The molecule has 0 amide bonds. The Bertz CT molecular complexity index is 422. The van der Waals surface area contributed by atoms with Gasteiger partial charge >= 0.3 is 0 Å². The summed E-state index contributed by atoms with van der Waals surface area (Å²) in [6.45, 7) is 1.82. The number of nitrogens with one attached hydrogen (secondary N) is 2. The van der Waals surface area contributed by atoms with E-state index >= 15 is 0 Å². The van der Waals surface area contributed by atoms with Crippen LogP contribution in [0.25, 0.3) is 10.9 Å². The molecule has 2 nitrogen and oxygen atoms in total. The highest BCUT2D eigenvalue weighted by molar-refractivity contribution is 5.83. The van der Waals surface area contributed by atoms with Gasteiger partial charge in [0.05, 0.1) is 0 Å². The average Bonchev–Trinajstić information content (AvgIpc) is 2.62. The Hall–Kier alpha value is -1.35. The third kappa shape index (κ3) is 1.63. The van der Waals surface area contributed by atoms with Crippen molar-refractivity contribution in [1.82, 2.24) is 10.5 Å². The standard InChI is InChI=1S/C11H13FN2/c1-8(14-12)6-9-7-13-11-5-3-2-4-10(9)11/h2-5,7-8,13-14H,6H2,1H3. The molecular formula is C11H13FN2. The van der Waals surface area contributed by atoms with Crippen LogP contribution in [0, 0.1) is 0 Å². The van der Waals surface area contributed by atoms with Crippen LogP contribution >= 0.6 is 0 Å². The quantitative estimate of drug-likeness (QED) is 0.719. The van der Waals surface area contributed by atoms with E-state index in [2.05, 4.69) is 4.98 Å². The van der Waals surface area contributed by atoms with E-state index < -0.39 is 0 Å². The molecule has 0 saturated heterocycles. The summed E-state index contributed by atoms with van der Waals surface area (Å²) in [6, 6.07) is 7.90. The zero-order valence-corrected chi connectivity index (χ0v) is 8.05. The molecule has 2 rings (SSSR count). The van der Waals surface area contributed by atoms with E-state index in [0.717, 1.165) is 11.1 Å². The molecule has 1 atom stereocenters. The summed E-state index contributed by atoms with van der Waals surface area (Å²) in [5.41, 5.74) is 4.01. The van der Waals surface area contributed by atoms with Gasteiger partial charge in [-0.15, -0.1) is 4.48 Å². The summed E-state index contributed by atoms with van der Waals surface area (Å²) in [5, 5.41) is 1.18. The Morgan fingerprint density at radius 2 is 2.21 bits per heavy atom. The van der Waals surface area contributed by atoms with Gasteiger partial charge in [0.2, 0.25) is 0 Å². The predicted molar refractivity (Wildman–Crippen MR) is 55.7 cm³/mol. The first-order valence-corrected chi connectivity index (χ1v) is 4.72. The van der Waals surface area contributed by atoms with Gasteiger partial charge in [-0.3, -0.25) is 0 Å². The number of rotatable bonds is 3. The molecule has 0 radical (unpaired) electrons. The molecule has 0 aliphatic heterocycles. The third-order valence-electron chi connectivity index (χ3n) is 2.39. The SMILES string of the molecule is CC(Cc1c[nH]c2ccccc12)NF. The second kappa shape index (κ2) is 3.80. The fraction of sp³-hybridized carbons (Fsp3) is 0.273. The minimum atomic E-state index is -0.144. The van der Waals surface area contributed by atoms with Gasteiger partial charge in [0.25, 0.3) is 0 Å². The van der Waals surface area contributed by atoms with Crippen LogP contribution in [0.15, 0.2) is 30.5 Å². The van der Waals surface area contributed by atoms with Crippen molar-refractivity contribution < 1.29 is 4.48 Å². The van der Waals surface area contributed by atoms with Gasteiger partial charge in [-0.2, -0.15) is 5.54 Å². The van der Waals surface area contributed by atoms with E-state index in [1.54, 1.807) is 5.54 Å². The summed E-state index contributed by atoms with van der Waals surface area (Å²) < 4.78 is 12.1. The normalized spacial score (nSPS) is 13.3. The number of H-pyrrole nitrogens is 1. The highest BCUT2D eigenvalue weighted by atomic mass is 19.2. The van der Waals surface area contributed by atoms with Crippen LogP contribution in [0.5, 0.6) is 0 Å². The largest absolute Gasteiger partial charge is 0.361 e. The maximum absolute atomic E-state index is 12.1. The Balaban J connectivity index is 2.33. The van der Waals surface area contributed by atoms with Gasteiger partial charge in [0.15, 0.2) is 0 Å². The first-order valence-electron chi connectivity index (χ1n) is 4.72. The van der Waals surface area contributed by atoms with E-state index in [1.165, 1.54) is 5.39 Å². The van der Waals surface area contributed by atoms with Gasteiger partial charge in [0, 0.05) is 23.1 Å². The van der Waals surface area contributed by atoms with Gasteiger partial charge < -0.3 is 4.98 Å². The Labute approximate surface area is 82.1 Å². The van der Waals surface area contributed by atoms with Crippen LogP contribution in [-0.4, -0.2) is 11.0 Å². The van der Waals surface area contributed by atoms with Crippen molar-refractivity contribution >= 4 is 10.9 Å². The first kappa shape index (κ1) is 9.21. The first-order chi connectivity index (χ1) is 6.81. The lowest BCUT2D eigenvalue weighted by Gasteiger charge is -2.05. The van der Waals surface area contributed by atoms with Gasteiger partial charge in [0.1, 0.15) is 0 Å².